The average Bonchev–Trinajstić information content (AvgIpc) is 3.09. The number of carbonyl (C=O) groups excluding carboxylic acids is 1. The normalized spacial score (nSPS) is 24.1. The molecule has 0 aromatic carbocycles. The fourth-order valence-corrected chi connectivity index (χ4v) is 3.69. The van der Waals surface area contributed by atoms with Crippen LogP contribution in [0, 0.1) is 0 Å². The van der Waals surface area contributed by atoms with E-state index in [-0.39, 0.29) is 18.2 Å². The zero-order chi connectivity index (χ0) is 13.2. The molecule has 19 heavy (non-hydrogen) atoms. The molecule has 1 aromatic heterocycles. The van der Waals surface area contributed by atoms with Crippen molar-refractivity contribution in [2.24, 2.45) is 0 Å². The SMILES string of the molecule is CC(NC(=O)N1CCc2sccc2C1)C1CCCO1. The first-order valence-corrected chi connectivity index (χ1v) is 7.84. The lowest BCUT2D eigenvalue weighted by atomic mass is 10.1. The maximum Gasteiger partial charge on any atom is 0.318 e. The molecule has 2 aliphatic rings. The van der Waals surface area contributed by atoms with Crippen LogP contribution in [0.15, 0.2) is 11.4 Å². The van der Waals surface area contributed by atoms with Crippen LogP contribution in [0.5, 0.6) is 0 Å². The van der Waals surface area contributed by atoms with Crippen molar-refractivity contribution < 1.29 is 9.53 Å². The Morgan fingerprint density at radius 1 is 1.63 bits per heavy atom. The van der Waals surface area contributed by atoms with Gasteiger partial charge in [-0.25, -0.2) is 4.79 Å². The van der Waals surface area contributed by atoms with E-state index in [2.05, 4.69) is 16.8 Å². The van der Waals surface area contributed by atoms with Crippen molar-refractivity contribution in [2.45, 2.75) is 44.9 Å². The minimum Gasteiger partial charge on any atom is -0.376 e. The Hall–Kier alpha value is -1.07. The van der Waals surface area contributed by atoms with Crippen molar-refractivity contribution in [1.82, 2.24) is 10.2 Å². The highest BCUT2D eigenvalue weighted by molar-refractivity contribution is 7.10. The molecule has 104 valence electrons. The van der Waals surface area contributed by atoms with Gasteiger partial charge in [0.15, 0.2) is 0 Å². The van der Waals surface area contributed by atoms with Crippen LogP contribution in [0.4, 0.5) is 4.79 Å². The number of ether oxygens (including phenoxy) is 1. The van der Waals surface area contributed by atoms with Gasteiger partial charge in [-0.2, -0.15) is 0 Å². The molecule has 5 heteroatoms. The summed E-state index contributed by atoms with van der Waals surface area (Å²) in [6, 6.07) is 2.27. The quantitative estimate of drug-likeness (QED) is 0.903. The second-order valence-electron chi connectivity index (χ2n) is 5.33. The van der Waals surface area contributed by atoms with Crippen LogP contribution in [0.1, 0.15) is 30.2 Å². The second-order valence-corrected chi connectivity index (χ2v) is 6.33. The van der Waals surface area contributed by atoms with E-state index in [9.17, 15) is 4.79 Å². The highest BCUT2D eigenvalue weighted by atomic mass is 32.1. The molecular formula is C14H20N2O2S. The fourth-order valence-electron chi connectivity index (χ4n) is 2.80. The van der Waals surface area contributed by atoms with Crippen molar-refractivity contribution >= 4 is 17.4 Å². The number of hydrogen-bond acceptors (Lipinski definition) is 3. The highest BCUT2D eigenvalue weighted by Crippen LogP contribution is 2.24. The molecule has 1 N–H and O–H groups in total. The Balaban J connectivity index is 1.56. The zero-order valence-electron chi connectivity index (χ0n) is 11.2. The van der Waals surface area contributed by atoms with Crippen molar-refractivity contribution in [1.29, 1.82) is 0 Å². The van der Waals surface area contributed by atoms with Gasteiger partial charge in [0.1, 0.15) is 0 Å². The van der Waals surface area contributed by atoms with E-state index in [4.69, 9.17) is 4.74 Å². The Morgan fingerprint density at radius 2 is 2.53 bits per heavy atom. The van der Waals surface area contributed by atoms with Crippen LogP contribution in [-0.4, -0.2) is 36.2 Å². The largest absolute Gasteiger partial charge is 0.376 e. The number of amides is 2. The van der Waals surface area contributed by atoms with Gasteiger partial charge in [-0.1, -0.05) is 0 Å². The van der Waals surface area contributed by atoms with Gasteiger partial charge in [-0.15, -0.1) is 11.3 Å². The van der Waals surface area contributed by atoms with Crippen molar-refractivity contribution in [3.05, 3.63) is 21.9 Å². The van der Waals surface area contributed by atoms with E-state index < -0.39 is 0 Å². The molecule has 1 saturated heterocycles. The summed E-state index contributed by atoms with van der Waals surface area (Å²) in [7, 11) is 0. The van der Waals surface area contributed by atoms with E-state index in [0.29, 0.717) is 0 Å². The predicted molar refractivity (Wildman–Crippen MR) is 75.4 cm³/mol. The van der Waals surface area contributed by atoms with Gasteiger partial charge in [0.25, 0.3) is 0 Å². The summed E-state index contributed by atoms with van der Waals surface area (Å²) in [5.41, 5.74) is 1.30. The molecule has 3 rings (SSSR count). The molecule has 4 nitrogen and oxygen atoms in total. The van der Waals surface area contributed by atoms with Gasteiger partial charge >= 0.3 is 6.03 Å². The first-order valence-electron chi connectivity index (χ1n) is 6.96. The number of urea groups is 1. The molecule has 2 unspecified atom stereocenters. The van der Waals surface area contributed by atoms with Crippen LogP contribution < -0.4 is 5.32 Å². The van der Waals surface area contributed by atoms with E-state index in [1.165, 1.54) is 10.4 Å². The summed E-state index contributed by atoms with van der Waals surface area (Å²) >= 11 is 1.80. The minimum absolute atomic E-state index is 0.0415. The summed E-state index contributed by atoms with van der Waals surface area (Å²) in [5.74, 6) is 0. The van der Waals surface area contributed by atoms with E-state index >= 15 is 0 Å². The van der Waals surface area contributed by atoms with Crippen molar-refractivity contribution in [3.8, 4) is 0 Å². The molecule has 2 aliphatic heterocycles. The van der Waals surface area contributed by atoms with Crippen LogP contribution in [0.2, 0.25) is 0 Å². The predicted octanol–water partition coefficient (Wildman–Crippen LogP) is 2.38. The third-order valence-electron chi connectivity index (χ3n) is 3.97. The lowest BCUT2D eigenvalue weighted by Gasteiger charge is -2.29. The number of fused-ring (bicyclic) bond motifs is 1. The van der Waals surface area contributed by atoms with Crippen LogP contribution >= 0.6 is 11.3 Å². The summed E-state index contributed by atoms with van der Waals surface area (Å²) in [6.07, 6.45) is 3.32. The minimum atomic E-state index is 0.0415. The molecular weight excluding hydrogens is 260 g/mol. The summed E-state index contributed by atoms with van der Waals surface area (Å²) in [4.78, 5) is 15.6. The Bertz CT molecular complexity index is 454. The summed E-state index contributed by atoms with van der Waals surface area (Å²) in [5, 5.41) is 5.19. The van der Waals surface area contributed by atoms with E-state index in [1.54, 1.807) is 11.3 Å². The molecule has 2 atom stereocenters. The van der Waals surface area contributed by atoms with Crippen LogP contribution in [-0.2, 0) is 17.7 Å². The average molecular weight is 280 g/mol. The third-order valence-corrected chi connectivity index (χ3v) is 4.99. The number of rotatable bonds is 2. The van der Waals surface area contributed by atoms with Crippen molar-refractivity contribution in [2.75, 3.05) is 13.2 Å². The van der Waals surface area contributed by atoms with Gasteiger partial charge in [-0.3, -0.25) is 0 Å². The molecule has 1 aromatic rings. The first kappa shape index (κ1) is 12.9. The molecule has 0 aliphatic carbocycles. The maximum atomic E-state index is 12.3. The fraction of sp³-hybridized carbons (Fsp3) is 0.643. The van der Waals surface area contributed by atoms with E-state index in [1.807, 2.05) is 11.8 Å². The topological polar surface area (TPSA) is 41.6 Å². The molecule has 0 radical (unpaired) electrons. The van der Waals surface area contributed by atoms with Gasteiger partial charge in [-0.05, 0) is 43.2 Å². The number of nitrogens with one attached hydrogen (secondary N) is 1. The number of nitrogens with zero attached hydrogens (tertiary/aromatic N) is 1. The van der Waals surface area contributed by atoms with Gasteiger partial charge < -0.3 is 15.0 Å². The van der Waals surface area contributed by atoms with Gasteiger partial charge in [0.2, 0.25) is 0 Å². The molecule has 0 bridgehead atoms. The molecule has 1 fully saturated rings. The molecule has 0 spiro atoms. The standard InChI is InChI=1S/C14H20N2O2S/c1-10(12-3-2-7-18-12)15-14(17)16-6-4-13-11(9-16)5-8-19-13/h5,8,10,12H,2-4,6-7,9H2,1H3,(H,15,17). The summed E-state index contributed by atoms with van der Waals surface area (Å²) < 4.78 is 5.62. The van der Waals surface area contributed by atoms with Crippen LogP contribution in [0.25, 0.3) is 0 Å². The van der Waals surface area contributed by atoms with E-state index in [0.717, 1.165) is 39.0 Å². The number of thiophene rings is 1. The number of carbonyl (C=O) groups is 1. The second kappa shape index (κ2) is 5.51. The molecule has 2 amide bonds. The molecule has 3 heterocycles. The lowest BCUT2D eigenvalue weighted by Crippen LogP contribution is -2.49. The maximum absolute atomic E-state index is 12.3. The van der Waals surface area contributed by atoms with Gasteiger partial charge in [0, 0.05) is 24.6 Å². The lowest BCUT2D eigenvalue weighted by molar-refractivity contribution is 0.0829. The van der Waals surface area contributed by atoms with Crippen LogP contribution in [0.3, 0.4) is 0 Å². The third kappa shape index (κ3) is 2.77. The van der Waals surface area contributed by atoms with Gasteiger partial charge in [0.05, 0.1) is 12.1 Å². The van der Waals surface area contributed by atoms with Crippen molar-refractivity contribution in [3.63, 3.8) is 0 Å². The zero-order valence-corrected chi connectivity index (χ0v) is 12.0. The molecule has 0 saturated carbocycles. The Kier molecular flexibility index (Phi) is 3.75. The Morgan fingerprint density at radius 3 is 3.32 bits per heavy atom. The monoisotopic (exact) mass is 280 g/mol. The number of hydrogen-bond donors (Lipinski definition) is 1. The highest BCUT2D eigenvalue weighted by Gasteiger charge is 2.27. The first-order chi connectivity index (χ1) is 9.24. The summed E-state index contributed by atoms with van der Waals surface area (Å²) in [6.45, 7) is 4.42. The Labute approximate surface area is 117 Å². The smallest absolute Gasteiger partial charge is 0.318 e.